The van der Waals surface area contributed by atoms with Gasteiger partial charge in [-0.3, -0.25) is 0 Å². The number of aryl methyl sites for hydroxylation is 1. The Bertz CT molecular complexity index is 376. The fraction of sp³-hybridized carbons (Fsp3) is 0.750. The molecule has 2 N–H and O–H groups in total. The van der Waals surface area contributed by atoms with Crippen LogP contribution in [0.5, 0.6) is 0 Å². The molecular formula is C12H18N2OS. The molecule has 3 rings (SSSR count). The van der Waals surface area contributed by atoms with Crippen molar-refractivity contribution in [1.29, 1.82) is 0 Å². The van der Waals surface area contributed by atoms with E-state index < -0.39 is 5.60 Å². The Morgan fingerprint density at radius 1 is 1.56 bits per heavy atom. The van der Waals surface area contributed by atoms with Crippen molar-refractivity contribution in [3.63, 3.8) is 0 Å². The van der Waals surface area contributed by atoms with Crippen molar-refractivity contribution < 1.29 is 5.11 Å². The topological polar surface area (TPSA) is 45.2 Å². The van der Waals surface area contributed by atoms with Crippen LogP contribution in [-0.2, 0) is 5.60 Å². The summed E-state index contributed by atoms with van der Waals surface area (Å²) in [6.07, 6.45) is 6.09. The van der Waals surface area contributed by atoms with Gasteiger partial charge in [-0.1, -0.05) is 0 Å². The first-order chi connectivity index (χ1) is 7.67. The fourth-order valence-electron chi connectivity index (χ4n) is 3.13. The van der Waals surface area contributed by atoms with Gasteiger partial charge in [0.2, 0.25) is 0 Å². The molecule has 0 spiro atoms. The molecule has 0 aromatic carbocycles. The minimum absolute atomic E-state index is 0.503. The molecule has 4 heteroatoms. The first-order valence-corrected chi connectivity index (χ1v) is 6.88. The molecule has 0 bridgehead atoms. The van der Waals surface area contributed by atoms with Gasteiger partial charge in [0.15, 0.2) is 0 Å². The molecule has 88 valence electrons. The largest absolute Gasteiger partial charge is 0.383 e. The predicted molar refractivity (Wildman–Crippen MR) is 64.5 cm³/mol. The number of hydrogen-bond donors (Lipinski definition) is 2. The van der Waals surface area contributed by atoms with Crippen molar-refractivity contribution in [1.82, 2.24) is 10.3 Å². The zero-order valence-electron chi connectivity index (χ0n) is 9.57. The van der Waals surface area contributed by atoms with Gasteiger partial charge in [0.05, 0.1) is 0 Å². The van der Waals surface area contributed by atoms with Gasteiger partial charge >= 0.3 is 0 Å². The normalized spacial score (nSPS) is 38.6. The van der Waals surface area contributed by atoms with Gasteiger partial charge in [0.25, 0.3) is 0 Å². The number of nitrogens with one attached hydrogen (secondary N) is 1. The highest BCUT2D eigenvalue weighted by Gasteiger charge is 2.47. The molecule has 0 amide bonds. The van der Waals surface area contributed by atoms with E-state index in [1.807, 2.05) is 13.1 Å². The summed E-state index contributed by atoms with van der Waals surface area (Å²) in [5.74, 6) is 0.642. The standard InChI is InChI=1S/C12H18N2OS/c1-8-7-14-11(16-8)12(15)5-9-3-2-4-13-10(9)6-12/h7,9-10,13,15H,2-6H2,1H3. The first-order valence-electron chi connectivity index (χ1n) is 6.06. The number of rotatable bonds is 1. The molecule has 3 unspecified atom stereocenters. The maximum Gasteiger partial charge on any atom is 0.125 e. The van der Waals surface area contributed by atoms with Gasteiger partial charge < -0.3 is 10.4 Å². The number of piperidine rings is 1. The van der Waals surface area contributed by atoms with Crippen LogP contribution in [0, 0.1) is 12.8 Å². The van der Waals surface area contributed by atoms with E-state index in [4.69, 9.17) is 0 Å². The summed E-state index contributed by atoms with van der Waals surface area (Å²) >= 11 is 1.64. The molecule has 1 aliphatic carbocycles. The molecule has 16 heavy (non-hydrogen) atoms. The van der Waals surface area contributed by atoms with Gasteiger partial charge in [-0.25, -0.2) is 4.98 Å². The lowest BCUT2D eigenvalue weighted by Gasteiger charge is -2.25. The fourth-order valence-corrected chi connectivity index (χ4v) is 4.00. The van der Waals surface area contributed by atoms with E-state index in [-0.39, 0.29) is 0 Å². The molecule has 2 fully saturated rings. The van der Waals surface area contributed by atoms with E-state index in [1.165, 1.54) is 17.7 Å². The number of aliphatic hydroxyl groups is 1. The summed E-state index contributed by atoms with van der Waals surface area (Å²) < 4.78 is 0. The van der Waals surface area contributed by atoms with Crippen molar-refractivity contribution in [3.8, 4) is 0 Å². The zero-order valence-corrected chi connectivity index (χ0v) is 10.4. The average Bonchev–Trinajstić information content (AvgIpc) is 2.81. The highest BCUT2D eigenvalue weighted by Crippen LogP contribution is 2.45. The molecule has 3 atom stereocenters. The molecule has 0 radical (unpaired) electrons. The molecule has 1 aromatic rings. The van der Waals surface area contributed by atoms with Crippen LogP contribution in [-0.4, -0.2) is 22.7 Å². The molecule has 1 aliphatic heterocycles. The highest BCUT2D eigenvalue weighted by molar-refractivity contribution is 7.11. The molecule has 2 heterocycles. The van der Waals surface area contributed by atoms with E-state index in [0.717, 1.165) is 24.4 Å². The quantitative estimate of drug-likeness (QED) is 0.784. The van der Waals surface area contributed by atoms with Crippen LogP contribution in [0.15, 0.2) is 6.20 Å². The maximum atomic E-state index is 10.7. The maximum absolute atomic E-state index is 10.7. The van der Waals surface area contributed by atoms with E-state index in [1.54, 1.807) is 11.3 Å². The third kappa shape index (κ3) is 1.69. The summed E-state index contributed by atoms with van der Waals surface area (Å²) in [7, 11) is 0. The minimum Gasteiger partial charge on any atom is -0.383 e. The van der Waals surface area contributed by atoms with Crippen LogP contribution in [0.1, 0.15) is 35.6 Å². The zero-order chi connectivity index (χ0) is 11.2. The number of fused-ring (bicyclic) bond motifs is 1. The third-order valence-electron chi connectivity index (χ3n) is 3.90. The molecule has 1 saturated carbocycles. The molecule has 1 aromatic heterocycles. The summed E-state index contributed by atoms with van der Waals surface area (Å²) in [5, 5.41) is 15.2. The lowest BCUT2D eigenvalue weighted by Crippen LogP contribution is -2.38. The number of thiazole rings is 1. The van der Waals surface area contributed by atoms with Crippen LogP contribution in [0.25, 0.3) is 0 Å². The van der Waals surface area contributed by atoms with Crippen LogP contribution in [0.3, 0.4) is 0 Å². The van der Waals surface area contributed by atoms with Gasteiger partial charge in [0, 0.05) is 17.1 Å². The summed E-state index contributed by atoms with van der Waals surface area (Å²) in [5.41, 5.74) is -0.661. The second kappa shape index (κ2) is 3.79. The summed E-state index contributed by atoms with van der Waals surface area (Å²) in [6, 6.07) is 0.503. The molecule has 2 aliphatic rings. The van der Waals surface area contributed by atoms with Gasteiger partial charge in [-0.05, 0) is 45.1 Å². The molecule has 3 nitrogen and oxygen atoms in total. The number of hydrogen-bond acceptors (Lipinski definition) is 4. The van der Waals surface area contributed by atoms with Crippen molar-refractivity contribution in [3.05, 3.63) is 16.1 Å². The Balaban J connectivity index is 1.84. The van der Waals surface area contributed by atoms with E-state index in [9.17, 15) is 5.11 Å². The van der Waals surface area contributed by atoms with Gasteiger partial charge in [-0.15, -0.1) is 11.3 Å². The SMILES string of the molecule is Cc1cnc(C2(O)CC3CCCNC3C2)s1. The average molecular weight is 238 g/mol. The Morgan fingerprint density at radius 2 is 2.44 bits per heavy atom. The molecular weight excluding hydrogens is 220 g/mol. The third-order valence-corrected chi connectivity index (χ3v) is 5.01. The van der Waals surface area contributed by atoms with Gasteiger partial charge in [-0.2, -0.15) is 0 Å². The van der Waals surface area contributed by atoms with Crippen molar-refractivity contribution in [2.45, 2.75) is 44.2 Å². The van der Waals surface area contributed by atoms with E-state index in [2.05, 4.69) is 10.3 Å². The number of nitrogens with zero attached hydrogens (tertiary/aromatic N) is 1. The Morgan fingerprint density at radius 3 is 3.12 bits per heavy atom. The second-order valence-corrected chi connectivity index (χ2v) is 6.41. The minimum atomic E-state index is -0.661. The lowest BCUT2D eigenvalue weighted by molar-refractivity contribution is 0.0387. The number of aromatic nitrogens is 1. The predicted octanol–water partition coefficient (Wildman–Crippen LogP) is 1.80. The van der Waals surface area contributed by atoms with Crippen molar-refractivity contribution >= 4 is 11.3 Å². The van der Waals surface area contributed by atoms with Crippen LogP contribution in [0.2, 0.25) is 0 Å². The summed E-state index contributed by atoms with van der Waals surface area (Å²) in [6.45, 7) is 3.15. The Labute approximate surface area is 99.9 Å². The van der Waals surface area contributed by atoms with E-state index >= 15 is 0 Å². The Kier molecular flexibility index (Phi) is 2.53. The monoisotopic (exact) mass is 238 g/mol. The van der Waals surface area contributed by atoms with Gasteiger partial charge in [0.1, 0.15) is 10.6 Å². The van der Waals surface area contributed by atoms with Crippen molar-refractivity contribution in [2.75, 3.05) is 6.54 Å². The molecule has 1 saturated heterocycles. The van der Waals surface area contributed by atoms with Crippen LogP contribution >= 0.6 is 11.3 Å². The van der Waals surface area contributed by atoms with Crippen LogP contribution in [0.4, 0.5) is 0 Å². The summed E-state index contributed by atoms with van der Waals surface area (Å²) in [4.78, 5) is 5.55. The first kappa shape index (κ1) is 10.7. The Hall–Kier alpha value is -0.450. The van der Waals surface area contributed by atoms with Crippen LogP contribution < -0.4 is 5.32 Å². The van der Waals surface area contributed by atoms with E-state index in [0.29, 0.717) is 12.0 Å². The second-order valence-electron chi connectivity index (χ2n) is 5.18. The smallest absolute Gasteiger partial charge is 0.125 e. The van der Waals surface area contributed by atoms with Crippen molar-refractivity contribution in [2.24, 2.45) is 5.92 Å². The highest BCUT2D eigenvalue weighted by atomic mass is 32.1. The lowest BCUT2D eigenvalue weighted by atomic mass is 9.93.